The van der Waals surface area contributed by atoms with E-state index < -0.39 is 30.8 Å². The molecular formula is C19H27NO5. The first-order valence-electron chi connectivity index (χ1n) is 9.29. The van der Waals surface area contributed by atoms with Gasteiger partial charge in [0.1, 0.15) is 18.3 Å². The van der Waals surface area contributed by atoms with E-state index in [0.717, 1.165) is 18.4 Å². The smallest absolute Gasteiger partial charge is 0.184 e. The van der Waals surface area contributed by atoms with Crippen LogP contribution in [0.25, 0.3) is 0 Å². The molecule has 0 aromatic heterocycles. The topological polar surface area (TPSA) is 83.2 Å². The van der Waals surface area contributed by atoms with Gasteiger partial charge >= 0.3 is 0 Å². The molecule has 1 saturated carbocycles. The van der Waals surface area contributed by atoms with Crippen molar-refractivity contribution in [1.29, 1.82) is 0 Å². The van der Waals surface area contributed by atoms with E-state index in [0.29, 0.717) is 6.61 Å². The van der Waals surface area contributed by atoms with Crippen LogP contribution in [-0.2, 0) is 18.9 Å². The number of aliphatic hydroxyl groups is 1. The summed E-state index contributed by atoms with van der Waals surface area (Å²) in [5, 5.41) is 10.7. The van der Waals surface area contributed by atoms with E-state index in [-0.39, 0.29) is 12.2 Å². The van der Waals surface area contributed by atoms with Crippen LogP contribution in [0.5, 0.6) is 0 Å². The summed E-state index contributed by atoms with van der Waals surface area (Å²) in [4.78, 5) is 0. The van der Waals surface area contributed by atoms with Gasteiger partial charge in [0, 0.05) is 5.56 Å². The molecule has 2 heterocycles. The number of benzene rings is 1. The summed E-state index contributed by atoms with van der Waals surface area (Å²) < 4.78 is 23.8. The Morgan fingerprint density at radius 3 is 2.56 bits per heavy atom. The number of hydrogen-bond donors (Lipinski definition) is 2. The highest BCUT2D eigenvalue weighted by atomic mass is 16.7. The maximum atomic E-state index is 10.7. The molecule has 6 atom stereocenters. The molecule has 138 valence electrons. The van der Waals surface area contributed by atoms with E-state index in [1.807, 2.05) is 30.3 Å². The lowest BCUT2D eigenvalue weighted by Gasteiger charge is -2.47. The molecule has 0 amide bonds. The fraction of sp³-hybridized carbons (Fsp3) is 0.684. The van der Waals surface area contributed by atoms with Crippen molar-refractivity contribution < 1.29 is 24.1 Å². The van der Waals surface area contributed by atoms with E-state index in [9.17, 15) is 5.11 Å². The van der Waals surface area contributed by atoms with Crippen LogP contribution >= 0.6 is 0 Å². The molecule has 2 saturated heterocycles. The summed E-state index contributed by atoms with van der Waals surface area (Å²) in [5.74, 6) is 0. The Morgan fingerprint density at radius 2 is 1.80 bits per heavy atom. The van der Waals surface area contributed by atoms with E-state index in [2.05, 4.69) is 0 Å². The van der Waals surface area contributed by atoms with Crippen molar-refractivity contribution in [2.45, 2.75) is 75.1 Å². The molecule has 3 N–H and O–H groups in total. The Hall–Kier alpha value is -1.02. The predicted molar refractivity (Wildman–Crippen MR) is 90.6 cm³/mol. The van der Waals surface area contributed by atoms with Gasteiger partial charge in [-0.1, -0.05) is 49.6 Å². The Morgan fingerprint density at radius 1 is 1.04 bits per heavy atom. The molecule has 3 aliphatic rings. The van der Waals surface area contributed by atoms with Gasteiger partial charge in [-0.05, 0) is 12.8 Å². The first kappa shape index (κ1) is 17.4. The summed E-state index contributed by atoms with van der Waals surface area (Å²) in [5.41, 5.74) is 7.13. The van der Waals surface area contributed by atoms with Crippen molar-refractivity contribution in [3.8, 4) is 0 Å². The molecule has 0 unspecified atom stereocenters. The molecule has 1 aliphatic carbocycles. The number of hydrogen-bond acceptors (Lipinski definition) is 6. The number of nitrogens with two attached hydrogens (primary N) is 1. The lowest BCUT2D eigenvalue weighted by Crippen LogP contribution is -2.65. The quantitative estimate of drug-likeness (QED) is 0.867. The summed E-state index contributed by atoms with van der Waals surface area (Å²) in [6.07, 6.45) is 2.97. The van der Waals surface area contributed by atoms with Crippen molar-refractivity contribution >= 4 is 0 Å². The Kier molecular flexibility index (Phi) is 5.36. The minimum atomic E-state index is -0.845. The number of ether oxygens (including phenoxy) is 4. The van der Waals surface area contributed by atoms with E-state index in [1.54, 1.807) is 0 Å². The maximum absolute atomic E-state index is 10.7. The first-order valence-corrected chi connectivity index (χ1v) is 9.29. The lowest BCUT2D eigenvalue weighted by atomic mass is 9.95. The fourth-order valence-electron chi connectivity index (χ4n) is 3.91. The summed E-state index contributed by atoms with van der Waals surface area (Å²) in [6, 6.07) is 9.06. The van der Waals surface area contributed by atoms with Crippen LogP contribution in [0, 0.1) is 0 Å². The highest BCUT2D eigenvalue weighted by molar-refractivity contribution is 5.16. The number of fused-ring (bicyclic) bond motifs is 1. The molecule has 1 aromatic carbocycles. The maximum Gasteiger partial charge on any atom is 0.184 e. The summed E-state index contributed by atoms with van der Waals surface area (Å²) in [6.45, 7) is 0.346. The van der Waals surface area contributed by atoms with Gasteiger partial charge in [0.05, 0.1) is 18.8 Å². The van der Waals surface area contributed by atoms with Crippen LogP contribution in [0.3, 0.4) is 0 Å². The third kappa shape index (κ3) is 3.74. The van der Waals surface area contributed by atoms with Gasteiger partial charge < -0.3 is 29.8 Å². The molecule has 0 spiro atoms. The standard InChI is InChI=1S/C19H27NO5/c20-15-16(21)17-14(24-19(15)23-13-9-5-2-6-10-13)11-22-18(25-17)12-7-3-1-4-8-12/h1,3-4,7-8,13-19,21H,2,5-6,9-11,20H2/t14-,15-,16-,17-,18-,19-/m1/s1. The van der Waals surface area contributed by atoms with Gasteiger partial charge in [-0.25, -0.2) is 0 Å². The number of rotatable bonds is 3. The zero-order valence-electron chi connectivity index (χ0n) is 14.3. The average Bonchev–Trinajstić information content (AvgIpc) is 2.67. The second-order valence-corrected chi connectivity index (χ2v) is 7.18. The van der Waals surface area contributed by atoms with Crippen molar-refractivity contribution in [3.63, 3.8) is 0 Å². The molecule has 4 rings (SSSR count). The van der Waals surface area contributed by atoms with Gasteiger partial charge in [-0.15, -0.1) is 0 Å². The Bertz CT molecular complexity index is 548. The minimum Gasteiger partial charge on any atom is -0.388 e. The van der Waals surface area contributed by atoms with Gasteiger partial charge in [0.2, 0.25) is 0 Å². The largest absolute Gasteiger partial charge is 0.388 e. The second-order valence-electron chi connectivity index (χ2n) is 7.18. The SMILES string of the molecule is N[C@H]1[C@H](OC2CCCCC2)O[C@@H]2CO[C@@H](c3ccccc3)O[C@H]2[C@@H]1O. The van der Waals surface area contributed by atoms with Crippen molar-refractivity contribution in [2.24, 2.45) is 5.73 Å². The van der Waals surface area contributed by atoms with Gasteiger partial charge in [0.25, 0.3) is 0 Å². The molecule has 6 heteroatoms. The van der Waals surface area contributed by atoms with Gasteiger partial charge in [-0.3, -0.25) is 0 Å². The molecular weight excluding hydrogens is 322 g/mol. The van der Waals surface area contributed by atoms with Crippen LogP contribution in [0.1, 0.15) is 44.0 Å². The lowest BCUT2D eigenvalue weighted by molar-refractivity contribution is -0.347. The van der Waals surface area contributed by atoms with E-state index in [4.69, 9.17) is 24.7 Å². The summed E-state index contributed by atoms with van der Waals surface area (Å²) >= 11 is 0. The molecule has 25 heavy (non-hydrogen) atoms. The van der Waals surface area contributed by atoms with Gasteiger partial charge in [-0.2, -0.15) is 0 Å². The third-order valence-electron chi connectivity index (χ3n) is 5.36. The third-order valence-corrected chi connectivity index (χ3v) is 5.36. The molecule has 0 bridgehead atoms. The van der Waals surface area contributed by atoms with E-state index >= 15 is 0 Å². The molecule has 3 fully saturated rings. The normalized spacial score (nSPS) is 39.8. The van der Waals surface area contributed by atoms with Crippen molar-refractivity contribution in [1.82, 2.24) is 0 Å². The van der Waals surface area contributed by atoms with Crippen LogP contribution in [-0.4, -0.2) is 48.5 Å². The van der Waals surface area contributed by atoms with Crippen LogP contribution < -0.4 is 5.73 Å². The van der Waals surface area contributed by atoms with Crippen LogP contribution in [0.15, 0.2) is 30.3 Å². The zero-order valence-corrected chi connectivity index (χ0v) is 14.3. The monoisotopic (exact) mass is 349 g/mol. The molecule has 1 aromatic rings. The van der Waals surface area contributed by atoms with Crippen molar-refractivity contribution in [2.75, 3.05) is 6.61 Å². The molecule has 2 aliphatic heterocycles. The minimum absolute atomic E-state index is 0.163. The molecule has 6 nitrogen and oxygen atoms in total. The predicted octanol–water partition coefficient (Wildman–Crippen LogP) is 1.86. The average molecular weight is 349 g/mol. The number of aliphatic hydroxyl groups excluding tert-OH is 1. The highest BCUT2D eigenvalue weighted by Crippen LogP contribution is 2.34. The Labute approximate surface area is 148 Å². The van der Waals surface area contributed by atoms with Gasteiger partial charge in [0.15, 0.2) is 12.6 Å². The first-order chi connectivity index (χ1) is 12.2. The van der Waals surface area contributed by atoms with Crippen molar-refractivity contribution in [3.05, 3.63) is 35.9 Å². The molecule has 0 radical (unpaired) electrons. The highest BCUT2D eigenvalue weighted by Gasteiger charge is 2.49. The van der Waals surface area contributed by atoms with Crippen LogP contribution in [0.2, 0.25) is 0 Å². The Balaban J connectivity index is 1.40. The second kappa shape index (κ2) is 7.70. The van der Waals surface area contributed by atoms with Crippen LogP contribution in [0.4, 0.5) is 0 Å². The zero-order chi connectivity index (χ0) is 17.2. The van der Waals surface area contributed by atoms with E-state index in [1.165, 1.54) is 19.3 Å². The fourth-order valence-corrected chi connectivity index (χ4v) is 3.91. The summed E-state index contributed by atoms with van der Waals surface area (Å²) in [7, 11) is 0.